The van der Waals surface area contributed by atoms with Gasteiger partial charge in [0.1, 0.15) is 0 Å². The van der Waals surface area contributed by atoms with Gasteiger partial charge in [0, 0.05) is 35.0 Å². The van der Waals surface area contributed by atoms with Gasteiger partial charge in [0.05, 0.1) is 12.0 Å². The van der Waals surface area contributed by atoms with Crippen molar-refractivity contribution in [3.8, 4) is 17.2 Å². The maximum Gasteiger partial charge on any atom is 0.313 e. The number of rotatable bonds is 7. The van der Waals surface area contributed by atoms with Crippen LogP contribution in [0.25, 0.3) is 0 Å². The van der Waals surface area contributed by atoms with Crippen LogP contribution in [-0.4, -0.2) is 23.8 Å². The van der Waals surface area contributed by atoms with E-state index in [0.717, 1.165) is 0 Å². The molecule has 3 aromatic carbocycles. The molecule has 0 atom stereocenters. The minimum atomic E-state index is -0.604. The van der Waals surface area contributed by atoms with Crippen LogP contribution in [0.2, 0.25) is 5.02 Å². The van der Waals surface area contributed by atoms with E-state index in [9.17, 15) is 19.7 Å². The zero-order valence-corrected chi connectivity index (χ0v) is 17.8. The van der Waals surface area contributed by atoms with Crippen molar-refractivity contribution in [2.75, 3.05) is 17.7 Å². The molecule has 0 heterocycles. The van der Waals surface area contributed by atoms with Crippen LogP contribution in [0.3, 0.4) is 0 Å². The first-order valence-corrected chi connectivity index (χ1v) is 9.63. The molecule has 0 fully saturated rings. The molecule has 9 nitrogen and oxygen atoms in total. The Labute approximate surface area is 188 Å². The molecule has 0 aromatic heterocycles. The number of hydrogen-bond acceptors (Lipinski definition) is 6. The van der Waals surface area contributed by atoms with E-state index >= 15 is 0 Å². The van der Waals surface area contributed by atoms with Gasteiger partial charge in [-0.3, -0.25) is 19.7 Å². The molecule has 3 aromatic rings. The predicted octanol–water partition coefficient (Wildman–Crippen LogP) is 5.26. The molecule has 10 heteroatoms. The normalized spacial score (nSPS) is 10.2. The van der Waals surface area contributed by atoms with Gasteiger partial charge in [-0.25, -0.2) is 0 Å². The first kappa shape index (κ1) is 22.6. The Bertz CT molecular complexity index is 1180. The number of carbonyl (C=O) groups is 2. The second kappa shape index (κ2) is 9.80. The Morgan fingerprint density at radius 2 is 1.53 bits per heavy atom. The van der Waals surface area contributed by atoms with E-state index < -0.39 is 10.8 Å². The lowest BCUT2D eigenvalue weighted by Gasteiger charge is -2.12. The first-order chi connectivity index (χ1) is 15.3. The fourth-order valence-corrected chi connectivity index (χ4v) is 2.94. The van der Waals surface area contributed by atoms with E-state index in [4.69, 9.17) is 21.1 Å². The lowest BCUT2D eigenvalue weighted by Crippen LogP contribution is -2.12. The molecular weight excluding hydrogens is 438 g/mol. The van der Waals surface area contributed by atoms with Crippen molar-refractivity contribution in [2.24, 2.45) is 0 Å². The van der Waals surface area contributed by atoms with E-state index in [-0.39, 0.29) is 39.4 Å². The Morgan fingerprint density at radius 1 is 0.906 bits per heavy atom. The van der Waals surface area contributed by atoms with Crippen molar-refractivity contribution in [1.82, 2.24) is 0 Å². The van der Waals surface area contributed by atoms with Crippen molar-refractivity contribution in [1.29, 1.82) is 0 Å². The Balaban J connectivity index is 1.78. The van der Waals surface area contributed by atoms with Gasteiger partial charge < -0.3 is 20.1 Å². The zero-order chi connectivity index (χ0) is 23.3. The fraction of sp³-hybridized carbons (Fsp3) is 0.0909. The van der Waals surface area contributed by atoms with Crippen molar-refractivity contribution >= 4 is 40.5 Å². The number of nitrogens with one attached hydrogen (secondary N) is 2. The molecule has 0 aliphatic carbocycles. The van der Waals surface area contributed by atoms with Gasteiger partial charge >= 0.3 is 5.69 Å². The van der Waals surface area contributed by atoms with Crippen LogP contribution in [0.15, 0.2) is 60.7 Å². The number of methoxy groups -OCH3 is 1. The van der Waals surface area contributed by atoms with E-state index in [1.807, 2.05) is 0 Å². The topological polar surface area (TPSA) is 120 Å². The van der Waals surface area contributed by atoms with Crippen LogP contribution in [0.5, 0.6) is 17.2 Å². The van der Waals surface area contributed by atoms with Crippen LogP contribution >= 0.6 is 11.6 Å². The van der Waals surface area contributed by atoms with Gasteiger partial charge in [-0.2, -0.15) is 0 Å². The highest BCUT2D eigenvalue weighted by Crippen LogP contribution is 2.38. The van der Waals surface area contributed by atoms with Crippen LogP contribution in [-0.2, 0) is 4.79 Å². The van der Waals surface area contributed by atoms with Gasteiger partial charge in [-0.15, -0.1) is 0 Å². The summed E-state index contributed by atoms with van der Waals surface area (Å²) < 4.78 is 10.9. The van der Waals surface area contributed by atoms with Crippen LogP contribution < -0.4 is 20.1 Å². The highest BCUT2D eigenvalue weighted by atomic mass is 35.5. The molecule has 0 radical (unpaired) electrons. The van der Waals surface area contributed by atoms with Gasteiger partial charge in [-0.05, 0) is 54.6 Å². The number of benzene rings is 3. The fourth-order valence-electron chi connectivity index (χ4n) is 2.77. The van der Waals surface area contributed by atoms with E-state index in [0.29, 0.717) is 11.4 Å². The number of anilines is 2. The van der Waals surface area contributed by atoms with E-state index in [2.05, 4.69) is 10.6 Å². The molecular formula is C22H18ClN3O6. The number of halogens is 1. The average molecular weight is 456 g/mol. The van der Waals surface area contributed by atoms with Crippen molar-refractivity contribution in [2.45, 2.75) is 6.92 Å². The Morgan fingerprint density at radius 3 is 2.12 bits per heavy atom. The third-order valence-electron chi connectivity index (χ3n) is 4.23. The summed E-state index contributed by atoms with van der Waals surface area (Å²) in [5, 5.41) is 16.9. The summed E-state index contributed by atoms with van der Waals surface area (Å²) >= 11 is 5.83. The second-order valence-corrected chi connectivity index (χ2v) is 6.99. The summed E-state index contributed by atoms with van der Waals surface area (Å²) in [7, 11) is 1.39. The molecule has 164 valence electrons. The maximum atomic E-state index is 12.6. The lowest BCUT2D eigenvalue weighted by molar-refractivity contribution is -0.385. The van der Waals surface area contributed by atoms with E-state index in [1.54, 1.807) is 24.3 Å². The van der Waals surface area contributed by atoms with Crippen LogP contribution in [0, 0.1) is 10.1 Å². The van der Waals surface area contributed by atoms with E-state index in [1.165, 1.54) is 50.4 Å². The minimum absolute atomic E-state index is 0.0193. The summed E-state index contributed by atoms with van der Waals surface area (Å²) in [5.74, 6) is -0.217. The monoisotopic (exact) mass is 455 g/mol. The minimum Gasteiger partial charge on any atom is -0.493 e. The number of ether oxygens (including phenoxy) is 2. The highest BCUT2D eigenvalue weighted by molar-refractivity contribution is 6.30. The molecule has 0 aliphatic rings. The third-order valence-corrected chi connectivity index (χ3v) is 4.46. The molecule has 0 aliphatic heterocycles. The number of hydrogen-bond donors (Lipinski definition) is 2. The summed E-state index contributed by atoms with van der Waals surface area (Å²) in [6.45, 7) is 1.40. The molecule has 0 unspecified atom stereocenters. The molecule has 2 amide bonds. The Kier molecular flexibility index (Phi) is 6.91. The Hall–Kier alpha value is -4.11. The van der Waals surface area contributed by atoms with Crippen LogP contribution in [0.1, 0.15) is 17.3 Å². The molecule has 0 spiro atoms. The summed E-state index contributed by atoms with van der Waals surface area (Å²) in [4.78, 5) is 34.4. The maximum absolute atomic E-state index is 12.6. The second-order valence-electron chi connectivity index (χ2n) is 6.55. The quantitative estimate of drug-likeness (QED) is 0.370. The van der Waals surface area contributed by atoms with Crippen LogP contribution in [0.4, 0.5) is 17.1 Å². The molecule has 32 heavy (non-hydrogen) atoms. The number of nitro benzene ring substituents is 1. The number of nitrogens with zero attached hydrogens (tertiary/aromatic N) is 1. The molecule has 0 bridgehead atoms. The molecule has 0 saturated heterocycles. The lowest BCUT2D eigenvalue weighted by atomic mass is 10.1. The molecule has 3 rings (SSSR count). The molecule has 0 saturated carbocycles. The van der Waals surface area contributed by atoms with Gasteiger partial charge in [0.25, 0.3) is 5.91 Å². The first-order valence-electron chi connectivity index (χ1n) is 9.25. The highest BCUT2D eigenvalue weighted by Gasteiger charge is 2.19. The van der Waals surface area contributed by atoms with Gasteiger partial charge in [0.2, 0.25) is 11.7 Å². The molecule has 2 N–H and O–H groups in total. The van der Waals surface area contributed by atoms with Crippen molar-refractivity contribution in [3.05, 3.63) is 81.4 Å². The predicted molar refractivity (Wildman–Crippen MR) is 120 cm³/mol. The standard InChI is InChI=1S/C22H18ClN3O6/c1-13(27)24-16-5-7-17(8-6-16)25-22(28)14-3-9-20(21(11-14)31-2)32-19-10-4-15(23)12-18(19)26(29)30/h3-12H,1-2H3,(H,24,27)(H,25,28). The van der Waals surface area contributed by atoms with Gasteiger partial charge in [0.15, 0.2) is 11.5 Å². The number of amides is 2. The SMILES string of the molecule is COc1cc(C(=O)Nc2ccc(NC(C)=O)cc2)ccc1Oc1ccc(Cl)cc1[N+](=O)[O-]. The van der Waals surface area contributed by atoms with Crippen molar-refractivity contribution in [3.63, 3.8) is 0 Å². The average Bonchev–Trinajstić information content (AvgIpc) is 2.76. The third kappa shape index (κ3) is 5.52. The van der Waals surface area contributed by atoms with Crippen molar-refractivity contribution < 1.29 is 24.0 Å². The summed E-state index contributed by atoms with van der Waals surface area (Å²) in [6, 6.07) is 15.1. The smallest absolute Gasteiger partial charge is 0.313 e. The number of nitro groups is 1. The van der Waals surface area contributed by atoms with Gasteiger partial charge in [-0.1, -0.05) is 11.6 Å². The largest absolute Gasteiger partial charge is 0.493 e. The summed E-state index contributed by atoms with van der Waals surface area (Å²) in [5.41, 5.74) is 1.12. The zero-order valence-electron chi connectivity index (χ0n) is 17.0. The summed E-state index contributed by atoms with van der Waals surface area (Å²) in [6.07, 6.45) is 0. The number of carbonyl (C=O) groups excluding carboxylic acids is 2.